The van der Waals surface area contributed by atoms with Crippen molar-refractivity contribution in [2.45, 2.75) is 50.7 Å². The van der Waals surface area contributed by atoms with Crippen LogP contribution in [-0.4, -0.2) is 31.8 Å². The van der Waals surface area contributed by atoms with Gasteiger partial charge in [0.15, 0.2) is 0 Å². The van der Waals surface area contributed by atoms with E-state index in [1.54, 1.807) is 7.11 Å². The fourth-order valence-electron chi connectivity index (χ4n) is 1.80. The Bertz CT molecular complexity index is 190. The van der Waals surface area contributed by atoms with Gasteiger partial charge in [-0.25, -0.2) is 0 Å². The van der Waals surface area contributed by atoms with Crippen LogP contribution in [0.4, 0.5) is 0 Å². The van der Waals surface area contributed by atoms with E-state index in [-0.39, 0.29) is 12.1 Å². The molecule has 4 nitrogen and oxygen atoms in total. The van der Waals surface area contributed by atoms with Crippen molar-refractivity contribution in [1.82, 2.24) is 0 Å². The lowest BCUT2D eigenvalue weighted by Crippen LogP contribution is -2.36. The fraction of sp³-hybridized carbons (Fsp3) is 0.909. The molecular weight excluding hydrogens is 194 g/mol. The van der Waals surface area contributed by atoms with E-state index in [0.29, 0.717) is 13.0 Å². The molecule has 1 saturated carbocycles. The van der Waals surface area contributed by atoms with Crippen LogP contribution in [-0.2, 0) is 14.3 Å². The zero-order chi connectivity index (χ0) is 11.1. The number of carbonyl (C=O) groups is 1. The van der Waals surface area contributed by atoms with Crippen molar-refractivity contribution in [2.24, 2.45) is 5.73 Å². The molecule has 0 aromatic carbocycles. The number of ether oxygens (including phenoxy) is 2. The zero-order valence-corrected chi connectivity index (χ0v) is 9.41. The third kappa shape index (κ3) is 4.62. The van der Waals surface area contributed by atoms with Crippen molar-refractivity contribution in [1.29, 1.82) is 0 Å². The molecule has 1 unspecified atom stereocenters. The Morgan fingerprint density at radius 3 is 2.67 bits per heavy atom. The van der Waals surface area contributed by atoms with Crippen LogP contribution in [0.1, 0.15) is 38.5 Å². The maximum atomic E-state index is 11.5. The van der Waals surface area contributed by atoms with Crippen molar-refractivity contribution in [3.8, 4) is 0 Å². The highest BCUT2D eigenvalue weighted by Gasteiger charge is 2.21. The van der Waals surface area contributed by atoms with Gasteiger partial charge in [-0.1, -0.05) is 6.42 Å². The van der Waals surface area contributed by atoms with Crippen LogP contribution in [0.15, 0.2) is 0 Å². The number of carbonyl (C=O) groups excluding carboxylic acids is 1. The van der Waals surface area contributed by atoms with Gasteiger partial charge < -0.3 is 15.2 Å². The minimum Gasteiger partial charge on any atom is -0.461 e. The average molecular weight is 215 g/mol. The summed E-state index contributed by atoms with van der Waals surface area (Å²) in [7, 11) is 1.60. The largest absolute Gasteiger partial charge is 0.461 e. The standard InChI is InChI=1S/C11H21NO3/c1-14-8-7-10(12)11(13)15-9-5-3-2-4-6-9/h9-10H,2-8,12H2,1H3. The van der Waals surface area contributed by atoms with Crippen LogP contribution in [0.25, 0.3) is 0 Å². The highest BCUT2D eigenvalue weighted by molar-refractivity contribution is 5.75. The molecule has 0 aliphatic heterocycles. The molecule has 0 amide bonds. The van der Waals surface area contributed by atoms with E-state index in [1.165, 1.54) is 6.42 Å². The number of hydrogen-bond acceptors (Lipinski definition) is 4. The number of nitrogens with two attached hydrogens (primary N) is 1. The maximum absolute atomic E-state index is 11.5. The third-order valence-electron chi connectivity index (χ3n) is 2.77. The van der Waals surface area contributed by atoms with Gasteiger partial charge in [0.1, 0.15) is 12.1 Å². The molecule has 0 bridgehead atoms. The predicted molar refractivity (Wildman–Crippen MR) is 57.4 cm³/mol. The summed E-state index contributed by atoms with van der Waals surface area (Å²) in [4.78, 5) is 11.5. The van der Waals surface area contributed by atoms with E-state index in [1.807, 2.05) is 0 Å². The number of esters is 1. The number of hydrogen-bond donors (Lipinski definition) is 1. The zero-order valence-electron chi connectivity index (χ0n) is 9.41. The van der Waals surface area contributed by atoms with Gasteiger partial charge in [-0.15, -0.1) is 0 Å². The molecule has 0 heterocycles. The lowest BCUT2D eigenvalue weighted by molar-refractivity contribution is -0.152. The molecule has 1 rings (SSSR count). The Labute approximate surface area is 91.1 Å². The Kier molecular flexibility index (Phi) is 5.65. The van der Waals surface area contributed by atoms with Gasteiger partial charge >= 0.3 is 5.97 Å². The van der Waals surface area contributed by atoms with Gasteiger partial charge in [-0.05, 0) is 32.1 Å². The molecule has 0 aromatic heterocycles. The first kappa shape index (κ1) is 12.5. The quantitative estimate of drug-likeness (QED) is 0.701. The summed E-state index contributed by atoms with van der Waals surface area (Å²) in [5.74, 6) is -0.279. The summed E-state index contributed by atoms with van der Waals surface area (Å²) >= 11 is 0. The van der Waals surface area contributed by atoms with Crippen molar-refractivity contribution in [2.75, 3.05) is 13.7 Å². The maximum Gasteiger partial charge on any atom is 0.323 e. The molecule has 1 aliphatic carbocycles. The Morgan fingerprint density at radius 1 is 1.40 bits per heavy atom. The van der Waals surface area contributed by atoms with Crippen LogP contribution in [0.5, 0.6) is 0 Å². The third-order valence-corrected chi connectivity index (χ3v) is 2.77. The van der Waals surface area contributed by atoms with E-state index in [4.69, 9.17) is 15.2 Å². The molecule has 0 radical (unpaired) electrons. The van der Waals surface area contributed by atoms with E-state index in [2.05, 4.69) is 0 Å². The summed E-state index contributed by atoms with van der Waals surface area (Å²) in [6.45, 7) is 0.501. The molecule has 2 N–H and O–H groups in total. The first-order chi connectivity index (χ1) is 7.24. The van der Waals surface area contributed by atoms with Crippen LogP contribution in [0, 0.1) is 0 Å². The SMILES string of the molecule is COCCC(N)C(=O)OC1CCCCC1. The normalized spacial score (nSPS) is 19.9. The lowest BCUT2D eigenvalue weighted by atomic mass is 9.98. The minimum absolute atomic E-state index is 0.0971. The van der Waals surface area contributed by atoms with Crippen LogP contribution in [0.3, 0.4) is 0 Å². The van der Waals surface area contributed by atoms with Gasteiger partial charge in [0.2, 0.25) is 0 Å². The van der Waals surface area contributed by atoms with Crippen LogP contribution >= 0.6 is 0 Å². The van der Waals surface area contributed by atoms with E-state index in [9.17, 15) is 4.79 Å². The number of rotatable bonds is 5. The first-order valence-corrected chi connectivity index (χ1v) is 5.69. The molecular formula is C11H21NO3. The highest BCUT2D eigenvalue weighted by atomic mass is 16.5. The second-order valence-electron chi connectivity index (χ2n) is 4.08. The molecule has 0 aromatic rings. The lowest BCUT2D eigenvalue weighted by Gasteiger charge is -2.23. The Balaban J connectivity index is 2.20. The summed E-state index contributed by atoms with van der Waals surface area (Å²) in [6.07, 6.45) is 6.17. The Morgan fingerprint density at radius 2 is 2.07 bits per heavy atom. The summed E-state index contributed by atoms with van der Waals surface area (Å²) < 4.78 is 10.2. The van der Waals surface area contributed by atoms with E-state index >= 15 is 0 Å². The molecule has 4 heteroatoms. The van der Waals surface area contributed by atoms with Crippen molar-refractivity contribution >= 4 is 5.97 Å². The smallest absolute Gasteiger partial charge is 0.323 e. The molecule has 0 spiro atoms. The number of methoxy groups -OCH3 is 1. The van der Waals surface area contributed by atoms with Gasteiger partial charge in [0.25, 0.3) is 0 Å². The molecule has 0 saturated heterocycles. The van der Waals surface area contributed by atoms with Crippen LogP contribution < -0.4 is 5.73 Å². The molecule has 1 aliphatic rings. The topological polar surface area (TPSA) is 61.5 Å². The molecule has 1 atom stereocenters. The van der Waals surface area contributed by atoms with Crippen molar-refractivity contribution < 1.29 is 14.3 Å². The predicted octanol–water partition coefficient (Wildman–Crippen LogP) is 1.23. The van der Waals surface area contributed by atoms with Gasteiger partial charge in [-0.2, -0.15) is 0 Å². The van der Waals surface area contributed by atoms with Crippen molar-refractivity contribution in [3.05, 3.63) is 0 Å². The van der Waals surface area contributed by atoms with E-state index < -0.39 is 6.04 Å². The summed E-state index contributed by atoms with van der Waals surface area (Å²) in [5.41, 5.74) is 5.67. The van der Waals surface area contributed by atoms with Crippen LogP contribution in [0.2, 0.25) is 0 Å². The van der Waals surface area contributed by atoms with Gasteiger partial charge in [-0.3, -0.25) is 4.79 Å². The second-order valence-corrected chi connectivity index (χ2v) is 4.08. The summed E-state index contributed by atoms with van der Waals surface area (Å²) in [5, 5.41) is 0. The minimum atomic E-state index is -0.535. The molecule has 1 fully saturated rings. The van der Waals surface area contributed by atoms with E-state index in [0.717, 1.165) is 25.7 Å². The fourth-order valence-corrected chi connectivity index (χ4v) is 1.80. The average Bonchev–Trinajstić information content (AvgIpc) is 2.27. The van der Waals surface area contributed by atoms with Crippen molar-refractivity contribution in [3.63, 3.8) is 0 Å². The highest BCUT2D eigenvalue weighted by Crippen LogP contribution is 2.20. The Hall–Kier alpha value is -0.610. The van der Waals surface area contributed by atoms with Gasteiger partial charge in [0.05, 0.1) is 0 Å². The van der Waals surface area contributed by atoms with Gasteiger partial charge in [0, 0.05) is 13.7 Å². The molecule has 15 heavy (non-hydrogen) atoms. The first-order valence-electron chi connectivity index (χ1n) is 5.69. The summed E-state index contributed by atoms with van der Waals surface area (Å²) in [6, 6.07) is -0.535. The molecule has 88 valence electrons. The second kappa shape index (κ2) is 6.80. The monoisotopic (exact) mass is 215 g/mol.